The molecule has 1 N–H and O–H groups in total. The molecule has 0 aliphatic carbocycles. The van der Waals surface area contributed by atoms with E-state index >= 15 is 0 Å². The number of pyridine rings is 1. The van der Waals surface area contributed by atoms with Crippen LogP contribution in [0.1, 0.15) is 0 Å². The predicted molar refractivity (Wildman–Crippen MR) is 47.6 cm³/mol. The second-order valence-corrected chi connectivity index (χ2v) is 2.72. The lowest BCUT2D eigenvalue weighted by molar-refractivity contribution is 0.876. The van der Waals surface area contributed by atoms with E-state index in [9.17, 15) is 9.59 Å². The number of aromatic amines is 1. The van der Waals surface area contributed by atoms with Gasteiger partial charge in [-0.25, -0.2) is 9.78 Å². The molecule has 0 fully saturated rings. The van der Waals surface area contributed by atoms with E-state index in [1.165, 1.54) is 16.8 Å². The van der Waals surface area contributed by atoms with Crippen LogP contribution in [0.25, 0.3) is 11.0 Å². The van der Waals surface area contributed by atoms with Crippen molar-refractivity contribution in [2.75, 3.05) is 0 Å². The zero-order valence-corrected chi connectivity index (χ0v) is 6.94. The van der Waals surface area contributed by atoms with Gasteiger partial charge < -0.3 is 0 Å². The Morgan fingerprint density at radius 2 is 2.15 bits per heavy atom. The molecular weight excluding hydrogens is 170 g/mol. The molecule has 0 saturated heterocycles. The Bertz CT molecular complexity index is 562. The minimum Gasteiger partial charge on any atom is -0.297 e. The first-order valence-corrected chi connectivity index (χ1v) is 3.73. The molecule has 66 valence electrons. The summed E-state index contributed by atoms with van der Waals surface area (Å²) in [6, 6.07) is 3.06. The Balaban J connectivity index is 3.06. The number of H-pyrrole nitrogens is 1. The Kier molecular flexibility index (Phi) is 1.51. The highest BCUT2D eigenvalue weighted by Crippen LogP contribution is 2.02. The van der Waals surface area contributed by atoms with Crippen LogP contribution in [0.3, 0.4) is 0 Å². The molecule has 2 heterocycles. The van der Waals surface area contributed by atoms with Crippen molar-refractivity contribution in [3.63, 3.8) is 0 Å². The highest BCUT2D eigenvalue weighted by Gasteiger charge is 1.99. The van der Waals surface area contributed by atoms with Crippen molar-refractivity contribution in [1.82, 2.24) is 14.5 Å². The van der Waals surface area contributed by atoms with Gasteiger partial charge in [-0.05, 0) is 6.07 Å². The van der Waals surface area contributed by atoms with Crippen LogP contribution >= 0.6 is 0 Å². The number of rotatable bonds is 0. The van der Waals surface area contributed by atoms with Crippen molar-refractivity contribution in [1.29, 1.82) is 0 Å². The van der Waals surface area contributed by atoms with Crippen LogP contribution in [0.15, 0.2) is 27.9 Å². The average molecular weight is 177 g/mol. The highest BCUT2D eigenvalue weighted by molar-refractivity contribution is 5.73. The largest absolute Gasteiger partial charge is 0.346 e. The molecule has 0 radical (unpaired) electrons. The van der Waals surface area contributed by atoms with Gasteiger partial charge in [-0.1, -0.05) is 0 Å². The minimum absolute atomic E-state index is 0.158. The topological polar surface area (TPSA) is 67.8 Å². The maximum absolute atomic E-state index is 11.2. The lowest BCUT2D eigenvalue weighted by Crippen LogP contribution is -2.19. The van der Waals surface area contributed by atoms with Crippen LogP contribution in [0.5, 0.6) is 0 Å². The molecule has 0 amide bonds. The Morgan fingerprint density at radius 1 is 1.38 bits per heavy atom. The first-order valence-electron chi connectivity index (χ1n) is 3.73. The van der Waals surface area contributed by atoms with E-state index in [0.717, 1.165) is 5.39 Å². The number of hydrogen-bond acceptors (Lipinski definition) is 3. The molecule has 0 atom stereocenters. The number of aromatic nitrogens is 3. The molecule has 0 aliphatic heterocycles. The second kappa shape index (κ2) is 2.55. The van der Waals surface area contributed by atoms with E-state index < -0.39 is 5.69 Å². The fourth-order valence-electron chi connectivity index (χ4n) is 1.18. The third-order valence-corrected chi connectivity index (χ3v) is 1.89. The summed E-state index contributed by atoms with van der Waals surface area (Å²) in [5.74, 6) is 0. The number of aryl methyl sites for hydroxylation is 1. The number of nitrogens with one attached hydrogen (secondary N) is 1. The molecular formula is C8H7N3O2. The Hall–Kier alpha value is -1.91. The van der Waals surface area contributed by atoms with Gasteiger partial charge in [-0.2, -0.15) is 0 Å². The van der Waals surface area contributed by atoms with Crippen LogP contribution in [0, 0.1) is 0 Å². The SMILES string of the molecule is Cn1c(=O)ccc2cnc(=O)[nH]c21. The van der Waals surface area contributed by atoms with Gasteiger partial charge in [0.2, 0.25) is 0 Å². The molecule has 0 spiro atoms. The van der Waals surface area contributed by atoms with E-state index in [2.05, 4.69) is 9.97 Å². The van der Waals surface area contributed by atoms with Crippen LogP contribution in [0.4, 0.5) is 0 Å². The lowest BCUT2D eigenvalue weighted by atomic mass is 10.3. The molecule has 5 nitrogen and oxygen atoms in total. The Labute approximate surface area is 72.7 Å². The van der Waals surface area contributed by atoms with Gasteiger partial charge in [0.1, 0.15) is 5.65 Å². The number of fused-ring (bicyclic) bond motifs is 1. The molecule has 0 aliphatic rings. The summed E-state index contributed by atoms with van der Waals surface area (Å²) in [5, 5.41) is 0.738. The van der Waals surface area contributed by atoms with Crippen molar-refractivity contribution < 1.29 is 0 Å². The monoisotopic (exact) mass is 177 g/mol. The van der Waals surface area contributed by atoms with Gasteiger partial charge in [0.05, 0.1) is 0 Å². The van der Waals surface area contributed by atoms with Gasteiger partial charge in [-0.15, -0.1) is 0 Å². The summed E-state index contributed by atoms with van der Waals surface area (Å²) in [4.78, 5) is 28.1. The summed E-state index contributed by atoms with van der Waals surface area (Å²) in [6.07, 6.45) is 1.44. The van der Waals surface area contributed by atoms with Crippen LogP contribution in [0.2, 0.25) is 0 Å². The van der Waals surface area contributed by atoms with Crippen molar-refractivity contribution in [2.45, 2.75) is 0 Å². The summed E-state index contributed by atoms with van der Waals surface area (Å²) in [7, 11) is 1.60. The van der Waals surface area contributed by atoms with Crippen LogP contribution in [-0.4, -0.2) is 14.5 Å². The standard InChI is InChI=1S/C8H7N3O2/c1-11-6(12)3-2-5-4-9-8(13)10-7(5)11/h2-4H,1H3,(H,9,10,13). The summed E-state index contributed by atoms with van der Waals surface area (Å²) in [5.41, 5.74) is -0.115. The molecule has 0 aromatic carbocycles. The fourth-order valence-corrected chi connectivity index (χ4v) is 1.18. The van der Waals surface area contributed by atoms with E-state index in [0.29, 0.717) is 5.65 Å². The summed E-state index contributed by atoms with van der Waals surface area (Å²) >= 11 is 0. The van der Waals surface area contributed by atoms with Crippen LogP contribution < -0.4 is 11.2 Å². The first-order chi connectivity index (χ1) is 6.18. The number of hydrogen-bond donors (Lipinski definition) is 1. The zero-order valence-electron chi connectivity index (χ0n) is 6.94. The van der Waals surface area contributed by atoms with E-state index in [1.807, 2.05) is 0 Å². The van der Waals surface area contributed by atoms with Gasteiger partial charge in [0, 0.05) is 24.7 Å². The molecule has 2 aromatic heterocycles. The minimum atomic E-state index is -0.450. The van der Waals surface area contributed by atoms with E-state index in [-0.39, 0.29) is 5.56 Å². The maximum atomic E-state index is 11.2. The normalized spacial score (nSPS) is 10.5. The van der Waals surface area contributed by atoms with Gasteiger partial charge in [0.15, 0.2) is 0 Å². The lowest BCUT2D eigenvalue weighted by Gasteiger charge is -2.01. The van der Waals surface area contributed by atoms with Crippen molar-refractivity contribution in [3.05, 3.63) is 39.2 Å². The molecule has 13 heavy (non-hydrogen) atoms. The Morgan fingerprint density at radius 3 is 2.92 bits per heavy atom. The first kappa shape index (κ1) is 7.72. The maximum Gasteiger partial charge on any atom is 0.346 e. The average Bonchev–Trinajstić information content (AvgIpc) is 2.12. The molecule has 2 aromatic rings. The number of nitrogens with zero attached hydrogens (tertiary/aromatic N) is 2. The van der Waals surface area contributed by atoms with Crippen LogP contribution in [-0.2, 0) is 7.05 Å². The van der Waals surface area contributed by atoms with Gasteiger partial charge in [-0.3, -0.25) is 14.3 Å². The highest BCUT2D eigenvalue weighted by atomic mass is 16.1. The van der Waals surface area contributed by atoms with Crippen molar-refractivity contribution in [3.8, 4) is 0 Å². The van der Waals surface area contributed by atoms with E-state index in [4.69, 9.17) is 0 Å². The zero-order chi connectivity index (χ0) is 9.42. The quantitative estimate of drug-likeness (QED) is 0.596. The van der Waals surface area contributed by atoms with Gasteiger partial charge >= 0.3 is 5.69 Å². The molecule has 0 unspecified atom stereocenters. The second-order valence-electron chi connectivity index (χ2n) is 2.72. The predicted octanol–water partition coefficient (Wildman–Crippen LogP) is -0.378. The summed E-state index contributed by atoms with van der Waals surface area (Å²) < 4.78 is 1.37. The van der Waals surface area contributed by atoms with Crippen molar-refractivity contribution in [2.24, 2.45) is 7.05 Å². The summed E-state index contributed by atoms with van der Waals surface area (Å²) in [6.45, 7) is 0. The molecule has 5 heteroatoms. The third-order valence-electron chi connectivity index (χ3n) is 1.89. The van der Waals surface area contributed by atoms with Crippen molar-refractivity contribution >= 4 is 11.0 Å². The molecule has 2 rings (SSSR count). The fraction of sp³-hybridized carbons (Fsp3) is 0.125. The molecule has 0 bridgehead atoms. The van der Waals surface area contributed by atoms with Gasteiger partial charge in [0.25, 0.3) is 5.56 Å². The third kappa shape index (κ3) is 1.14. The molecule has 0 saturated carbocycles. The smallest absolute Gasteiger partial charge is 0.297 e. The van der Waals surface area contributed by atoms with E-state index in [1.54, 1.807) is 13.1 Å².